The Hall–Kier alpha value is -1.84. The van der Waals surface area contributed by atoms with Crippen LogP contribution in [0.1, 0.15) is 0 Å². The van der Waals surface area contributed by atoms with Crippen LogP contribution in [-0.2, 0) is 0 Å². The fourth-order valence-corrected chi connectivity index (χ4v) is 0.831. The average molecular weight is 297 g/mol. The molecule has 0 aliphatic carbocycles. The van der Waals surface area contributed by atoms with E-state index in [1.54, 1.807) is 0 Å². The van der Waals surface area contributed by atoms with Gasteiger partial charge >= 0.3 is 69.2 Å². The molecular weight excluding hydrogens is 297 g/mol. The van der Waals surface area contributed by atoms with Crippen molar-refractivity contribution in [3.63, 3.8) is 0 Å². The standard InChI is InChI=1S/C3N9O6.K/c4-8-6-1-5-2(10(13)14)7-9(1)3(11(15)16)12(17)18;/q-1;+1. The van der Waals surface area contributed by atoms with Gasteiger partial charge in [0, 0.05) is 10.0 Å². The van der Waals surface area contributed by atoms with Gasteiger partial charge in [-0.05, 0) is 15.4 Å². The maximum atomic E-state index is 10.4. The summed E-state index contributed by atoms with van der Waals surface area (Å²) in [7, 11) is 0. The van der Waals surface area contributed by atoms with Crippen LogP contribution in [0.5, 0.6) is 0 Å². The monoisotopic (exact) mass is 297 g/mol. The molecule has 1 aromatic rings. The molecule has 0 saturated heterocycles. The van der Waals surface area contributed by atoms with Crippen molar-refractivity contribution in [1.29, 1.82) is 0 Å². The number of hydrogen-bond acceptors (Lipinski definition) is 9. The van der Waals surface area contributed by atoms with Crippen LogP contribution >= 0.6 is 0 Å². The van der Waals surface area contributed by atoms with Crippen molar-refractivity contribution < 1.29 is 66.1 Å². The van der Waals surface area contributed by atoms with Crippen LogP contribution in [0.2, 0.25) is 0 Å². The molecule has 1 rings (SSSR count). The Kier molecular flexibility index (Phi) is 6.25. The van der Waals surface area contributed by atoms with E-state index in [0.29, 0.717) is 0 Å². The third-order valence-corrected chi connectivity index (χ3v) is 1.39. The molecule has 15 nitrogen and oxygen atoms in total. The number of azide groups is 1. The quantitative estimate of drug-likeness (QED) is 0.0615. The van der Waals surface area contributed by atoms with Gasteiger partial charge in [-0.25, -0.2) is 0 Å². The van der Waals surface area contributed by atoms with E-state index in [9.17, 15) is 30.6 Å². The van der Waals surface area contributed by atoms with E-state index in [1.165, 1.54) is 0 Å². The van der Waals surface area contributed by atoms with E-state index >= 15 is 0 Å². The van der Waals surface area contributed by atoms with Crippen LogP contribution in [0.3, 0.4) is 0 Å². The summed E-state index contributed by atoms with van der Waals surface area (Å²) in [5.74, 6) is -3.93. The molecule has 94 valence electrons. The maximum Gasteiger partial charge on any atom is 1.00 e. The van der Waals surface area contributed by atoms with Gasteiger partial charge in [0.2, 0.25) is 0 Å². The molecular formula is C3KN9O6. The first-order valence-corrected chi connectivity index (χ1v) is 3.71. The molecule has 0 radical (unpaired) electrons. The van der Waals surface area contributed by atoms with Gasteiger partial charge < -0.3 is 30.6 Å². The van der Waals surface area contributed by atoms with E-state index in [2.05, 4.69) is 20.1 Å². The number of nitro groups is 2. The summed E-state index contributed by atoms with van der Waals surface area (Å²) < 4.78 is -0.141. The zero-order valence-electron chi connectivity index (χ0n) is 8.97. The van der Waals surface area contributed by atoms with Crippen LogP contribution in [0, 0.1) is 30.6 Å². The molecule has 1 heterocycles. The molecule has 0 fully saturated rings. The summed E-state index contributed by atoms with van der Waals surface area (Å²) in [4.78, 5) is 21.8. The molecule has 0 aliphatic heterocycles. The van der Waals surface area contributed by atoms with E-state index < -0.39 is 32.6 Å². The first-order chi connectivity index (χ1) is 8.38. The van der Waals surface area contributed by atoms with E-state index in [0.717, 1.165) is 0 Å². The Balaban J connectivity index is 0.00000324. The van der Waals surface area contributed by atoms with Crippen LogP contribution in [0.4, 0.5) is 11.9 Å². The average Bonchev–Trinajstić information content (AvgIpc) is 2.62. The second-order valence-electron chi connectivity index (χ2n) is 2.38. The number of nitrogens with zero attached hydrogens (tertiary/aromatic N) is 9. The Labute approximate surface area is 144 Å². The third-order valence-electron chi connectivity index (χ3n) is 1.39. The summed E-state index contributed by atoms with van der Waals surface area (Å²) >= 11 is 0. The van der Waals surface area contributed by atoms with E-state index in [-0.39, 0.29) is 56.1 Å². The minimum atomic E-state index is -1.75. The van der Waals surface area contributed by atoms with Crippen molar-refractivity contribution in [3.8, 4) is 0 Å². The third kappa shape index (κ3) is 3.81. The molecule has 0 bridgehead atoms. The zero-order chi connectivity index (χ0) is 13.9. The normalized spacial score (nSPS) is 8.84. The number of aromatic nitrogens is 3. The van der Waals surface area contributed by atoms with Crippen molar-refractivity contribution in [2.45, 2.75) is 0 Å². The smallest absolute Gasteiger partial charge is 0.674 e. The first-order valence-electron chi connectivity index (χ1n) is 3.71. The van der Waals surface area contributed by atoms with Crippen molar-refractivity contribution in [1.82, 2.24) is 14.8 Å². The molecule has 0 spiro atoms. The van der Waals surface area contributed by atoms with Gasteiger partial charge in [-0.3, -0.25) is 0 Å². The van der Waals surface area contributed by atoms with Crippen molar-refractivity contribution in [2.24, 2.45) is 5.11 Å². The minimum absolute atomic E-state index is 0. The van der Waals surface area contributed by atoms with Gasteiger partial charge in [0.15, 0.2) is 5.10 Å². The molecule has 0 N–H and O–H groups in total. The molecule has 16 heteroatoms. The predicted molar refractivity (Wildman–Crippen MR) is 49.9 cm³/mol. The van der Waals surface area contributed by atoms with Gasteiger partial charge in [0.25, 0.3) is 0 Å². The minimum Gasteiger partial charge on any atom is -0.674 e. The number of rotatable bonds is 2. The molecule has 0 aromatic carbocycles. The van der Waals surface area contributed by atoms with Crippen LogP contribution in [0.25, 0.3) is 10.4 Å². The summed E-state index contributed by atoms with van der Waals surface area (Å²) in [6.07, 6.45) is 0. The summed E-state index contributed by atoms with van der Waals surface area (Å²) in [6, 6.07) is 0. The van der Waals surface area contributed by atoms with Gasteiger partial charge in [-0.15, -0.1) is 0 Å². The van der Waals surface area contributed by atoms with E-state index in [4.69, 9.17) is 5.53 Å². The largest absolute Gasteiger partial charge is 1.00 e. The summed E-state index contributed by atoms with van der Waals surface area (Å²) in [5, 5.41) is 47.2. The molecule has 19 heavy (non-hydrogen) atoms. The van der Waals surface area contributed by atoms with Gasteiger partial charge in [0.05, 0.1) is 9.61 Å². The van der Waals surface area contributed by atoms with E-state index in [1.807, 2.05) is 0 Å². The molecule has 0 atom stereocenters. The zero-order valence-corrected chi connectivity index (χ0v) is 12.1. The number of hydrogen-bond donors (Lipinski definition) is 0. The van der Waals surface area contributed by atoms with Gasteiger partial charge in [-0.1, -0.05) is 0 Å². The van der Waals surface area contributed by atoms with Gasteiger partial charge in [-0.2, -0.15) is 4.90 Å². The molecule has 0 aliphatic rings. The maximum absolute atomic E-state index is 10.4. The molecule has 0 saturated carbocycles. The second-order valence-corrected chi connectivity index (χ2v) is 2.38. The van der Waals surface area contributed by atoms with Crippen molar-refractivity contribution >= 4 is 17.9 Å². The Morgan fingerprint density at radius 2 is 1.89 bits per heavy atom. The summed E-state index contributed by atoms with van der Waals surface area (Å²) in [5.41, 5.74) is 8.11. The molecule has 0 amide bonds. The van der Waals surface area contributed by atoms with Gasteiger partial charge in [0.1, 0.15) is 0 Å². The Morgan fingerprint density at radius 3 is 2.26 bits per heavy atom. The molecule has 0 unspecified atom stereocenters. The van der Waals surface area contributed by atoms with Crippen LogP contribution in [0.15, 0.2) is 5.11 Å². The first kappa shape index (κ1) is 17.2. The Bertz CT molecular complexity index is 595. The van der Waals surface area contributed by atoms with Crippen LogP contribution in [-0.4, -0.2) is 35.5 Å². The predicted octanol–water partition coefficient (Wildman–Crippen LogP) is -3.38. The fraction of sp³-hybridized carbons (Fsp3) is 0. The van der Waals surface area contributed by atoms with Crippen molar-refractivity contribution in [3.05, 3.63) is 41.1 Å². The fourth-order valence-electron chi connectivity index (χ4n) is 0.831. The Morgan fingerprint density at radius 1 is 1.32 bits per heavy atom. The SMILES string of the molecule is [K+].[N-]=[N+]=Nc1nc([N+](=O)[O-])nn1C([N+](=O)[O-])=[N+]([O-])[O-]. The summed E-state index contributed by atoms with van der Waals surface area (Å²) in [6.45, 7) is 0. The van der Waals surface area contributed by atoms with Crippen molar-refractivity contribution in [2.75, 3.05) is 0 Å². The topological polar surface area (TPSA) is 215 Å². The van der Waals surface area contributed by atoms with Crippen LogP contribution < -0.4 is 51.4 Å². The second kappa shape index (κ2) is 6.92. The molecule has 1 aromatic heterocycles.